The summed E-state index contributed by atoms with van der Waals surface area (Å²) in [6, 6.07) is 8.52. The van der Waals surface area contributed by atoms with Crippen molar-refractivity contribution in [2.45, 2.75) is 38.8 Å². The summed E-state index contributed by atoms with van der Waals surface area (Å²) in [7, 11) is 0. The number of benzene rings is 1. The molecule has 21 heavy (non-hydrogen) atoms. The maximum Gasteiger partial charge on any atom is 0.227 e. The first-order valence-corrected chi connectivity index (χ1v) is 7.89. The Bertz CT molecular complexity index is 507. The molecule has 1 fully saturated rings. The lowest BCUT2D eigenvalue weighted by molar-refractivity contribution is -0.127. The van der Waals surface area contributed by atoms with Gasteiger partial charge in [-0.15, -0.1) is 0 Å². The van der Waals surface area contributed by atoms with Crippen molar-refractivity contribution in [1.82, 2.24) is 10.6 Å². The minimum Gasteiger partial charge on any atom is -0.492 e. The number of ether oxygens (including phenoxy) is 1. The lowest BCUT2D eigenvalue weighted by atomic mass is 9.88. The normalized spacial score (nSPS) is 31.9. The van der Waals surface area contributed by atoms with E-state index in [1.165, 1.54) is 0 Å². The molecule has 0 aromatic heterocycles. The molecule has 1 saturated heterocycles. The van der Waals surface area contributed by atoms with Crippen LogP contribution in [-0.4, -0.2) is 31.1 Å². The second kappa shape index (κ2) is 6.06. The Balaban J connectivity index is 1.64. The molecule has 1 amide bonds. The number of para-hydroxylation sites is 1. The van der Waals surface area contributed by atoms with Crippen LogP contribution in [0.15, 0.2) is 24.3 Å². The fraction of sp³-hybridized carbons (Fsp3) is 0.588. The molecule has 0 bridgehead atoms. The third-order valence-electron chi connectivity index (χ3n) is 4.78. The molecule has 2 aliphatic heterocycles. The number of piperidine rings is 1. The van der Waals surface area contributed by atoms with Gasteiger partial charge >= 0.3 is 0 Å². The van der Waals surface area contributed by atoms with Gasteiger partial charge in [0.1, 0.15) is 12.4 Å². The van der Waals surface area contributed by atoms with Gasteiger partial charge in [-0.1, -0.05) is 25.1 Å². The van der Waals surface area contributed by atoms with E-state index in [4.69, 9.17) is 4.74 Å². The van der Waals surface area contributed by atoms with Crippen molar-refractivity contribution in [3.63, 3.8) is 0 Å². The number of amides is 1. The maximum atomic E-state index is 12.5. The molecule has 0 saturated carbocycles. The lowest BCUT2D eigenvalue weighted by Gasteiger charge is -2.37. The van der Waals surface area contributed by atoms with Gasteiger partial charge in [0.15, 0.2) is 0 Å². The molecule has 4 nitrogen and oxygen atoms in total. The number of carbonyl (C=O) groups is 1. The summed E-state index contributed by atoms with van der Waals surface area (Å²) >= 11 is 0. The number of hydrogen-bond donors (Lipinski definition) is 2. The third-order valence-corrected chi connectivity index (χ3v) is 4.78. The first-order chi connectivity index (χ1) is 10.1. The Kier molecular flexibility index (Phi) is 4.15. The predicted octanol–water partition coefficient (Wildman–Crippen LogP) is 1.74. The molecule has 1 aromatic rings. The largest absolute Gasteiger partial charge is 0.492 e. The van der Waals surface area contributed by atoms with Crippen molar-refractivity contribution in [3.8, 4) is 5.75 Å². The van der Waals surface area contributed by atoms with E-state index in [0.29, 0.717) is 18.6 Å². The highest BCUT2D eigenvalue weighted by atomic mass is 16.5. The van der Waals surface area contributed by atoms with Gasteiger partial charge in [-0.05, 0) is 43.9 Å². The third kappa shape index (κ3) is 3.05. The summed E-state index contributed by atoms with van der Waals surface area (Å²) < 4.78 is 5.72. The van der Waals surface area contributed by atoms with E-state index < -0.39 is 0 Å². The summed E-state index contributed by atoms with van der Waals surface area (Å²) in [4.78, 5) is 12.5. The van der Waals surface area contributed by atoms with E-state index >= 15 is 0 Å². The van der Waals surface area contributed by atoms with Crippen LogP contribution in [0.4, 0.5) is 0 Å². The molecule has 0 aliphatic carbocycles. The van der Waals surface area contributed by atoms with Gasteiger partial charge in [-0.2, -0.15) is 0 Å². The molecule has 0 radical (unpaired) electrons. The Hall–Kier alpha value is -1.55. The van der Waals surface area contributed by atoms with E-state index in [1.807, 2.05) is 24.3 Å². The smallest absolute Gasteiger partial charge is 0.227 e. The van der Waals surface area contributed by atoms with Gasteiger partial charge in [-0.3, -0.25) is 4.79 Å². The zero-order valence-corrected chi connectivity index (χ0v) is 12.8. The molecule has 3 rings (SSSR count). The second-order valence-electron chi connectivity index (χ2n) is 6.36. The molecule has 4 heteroatoms. The number of fused-ring (bicyclic) bond motifs is 1. The summed E-state index contributed by atoms with van der Waals surface area (Å²) in [6.45, 7) is 5.88. The fourth-order valence-electron chi connectivity index (χ4n) is 3.38. The van der Waals surface area contributed by atoms with Crippen LogP contribution >= 0.6 is 0 Å². The Labute approximate surface area is 126 Å². The van der Waals surface area contributed by atoms with Crippen LogP contribution in [0.2, 0.25) is 0 Å². The minimum atomic E-state index is -0.0822. The summed E-state index contributed by atoms with van der Waals surface area (Å²) in [6.07, 6.45) is 1.88. The van der Waals surface area contributed by atoms with Crippen LogP contribution < -0.4 is 15.4 Å². The first kappa shape index (κ1) is 14.4. The average Bonchev–Trinajstić information content (AvgIpc) is 2.50. The van der Waals surface area contributed by atoms with Gasteiger partial charge < -0.3 is 15.4 Å². The zero-order valence-electron chi connectivity index (χ0n) is 12.8. The minimum absolute atomic E-state index is 0.0822. The predicted molar refractivity (Wildman–Crippen MR) is 82.3 cm³/mol. The van der Waals surface area contributed by atoms with Gasteiger partial charge in [0.05, 0.1) is 5.92 Å². The topological polar surface area (TPSA) is 50.4 Å². The van der Waals surface area contributed by atoms with E-state index in [-0.39, 0.29) is 17.9 Å². The first-order valence-electron chi connectivity index (χ1n) is 7.89. The van der Waals surface area contributed by atoms with E-state index in [2.05, 4.69) is 24.5 Å². The second-order valence-corrected chi connectivity index (χ2v) is 6.36. The maximum absolute atomic E-state index is 12.5. The molecule has 0 spiro atoms. The Morgan fingerprint density at radius 1 is 1.33 bits per heavy atom. The molecule has 4 unspecified atom stereocenters. The van der Waals surface area contributed by atoms with Crippen molar-refractivity contribution >= 4 is 5.91 Å². The van der Waals surface area contributed by atoms with Crippen molar-refractivity contribution in [3.05, 3.63) is 29.8 Å². The summed E-state index contributed by atoms with van der Waals surface area (Å²) in [5.41, 5.74) is 1.13. The lowest BCUT2D eigenvalue weighted by Crippen LogP contribution is -2.57. The van der Waals surface area contributed by atoms with E-state index in [1.54, 1.807) is 0 Å². The molecule has 4 atom stereocenters. The molecule has 114 valence electrons. The van der Waals surface area contributed by atoms with Gasteiger partial charge in [0.25, 0.3) is 0 Å². The zero-order chi connectivity index (χ0) is 14.8. The quantitative estimate of drug-likeness (QED) is 0.871. The van der Waals surface area contributed by atoms with Crippen LogP contribution in [-0.2, 0) is 11.2 Å². The Morgan fingerprint density at radius 3 is 2.95 bits per heavy atom. The number of rotatable bonds is 2. The van der Waals surface area contributed by atoms with E-state index in [9.17, 15) is 4.79 Å². The van der Waals surface area contributed by atoms with Gasteiger partial charge in [0.2, 0.25) is 5.91 Å². The van der Waals surface area contributed by atoms with Crippen LogP contribution in [0, 0.1) is 11.8 Å². The fourth-order valence-corrected chi connectivity index (χ4v) is 3.38. The van der Waals surface area contributed by atoms with Crippen LogP contribution in [0.5, 0.6) is 5.75 Å². The standard InChI is InChI=1S/C17H24N2O2/c1-11-7-8-18-12(2)16(11)19-17(20)14-9-13-5-3-4-6-15(13)21-10-14/h3-6,11-12,14,16,18H,7-10H2,1-2H3,(H,19,20). The van der Waals surface area contributed by atoms with Crippen LogP contribution in [0.1, 0.15) is 25.8 Å². The number of hydrogen-bond acceptors (Lipinski definition) is 3. The SMILES string of the molecule is CC1CCNC(C)C1NC(=O)C1COc2ccccc2C1. The highest BCUT2D eigenvalue weighted by molar-refractivity contribution is 5.80. The van der Waals surface area contributed by atoms with Crippen molar-refractivity contribution in [2.24, 2.45) is 11.8 Å². The van der Waals surface area contributed by atoms with Crippen molar-refractivity contribution in [1.29, 1.82) is 0 Å². The van der Waals surface area contributed by atoms with Crippen molar-refractivity contribution in [2.75, 3.05) is 13.2 Å². The molecule has 2 heterocycles. The number of carbonyl (C=O) groups excluding carboxylic acids is 1. The highest BCUT2D eigenvalue weighted by Crippen LogP contribution is 2.27. The summed E-state index contributed by atoms with van der Waals surface area (Å²) in [5, 5.41) is 6.68. The molecular weight excluding hydrogens is 264 g/mol. The van der Waals surface area contributed by atoms with Gasteiger partial charge in [-0.25, -0.2) is 0 Å². The van der Waals surface area contributed by atoms with Crippen LogP contribution in [0.25, 0.3) is 0 Å². The molecule has 2 N–H and O–H groups in total. The highest BCUT2D eigenvalue weighted by Gasteiger charge is 2.32. The average molecular weight is 288 g/mol. The number of nitrogens with one attached hydrogen (secondary N) is 2. The molecular formula is C17H24N2O2. The molecule has 1 aromatic carbocycles. The van der Waals surface area contributed by atoms with Crippen LogP contribution in [0.3, 0.4) is 0 Å². The molecule has 2 aliphatic rings. The Morgan fingerprint density at radius 2 is 2.14 bits per heavy atom. The summed E-state index contributed by atoms with van der Waals surface area (Å²) in [5.74, 6) is 1.47. The van der Waals surface area contributed by atoms with Crippen molar-refractivity contribution < 1.29 is 9.53 Å². The van der Waals surface area contributed by atoms with Gasteiger partial charge in [0, 0.05) is 12.1 Å². The van der Waals surface area contributed by atoms with E-state index in [0.717, 1.165) is 30.7 Å². The monoisotopic (exact) mass is 288 g/mol.